The van der Waals surface area contributed by atoms with Crippen molar-refractivity contribution in [2.75, 3.05) is 0 Å². The Morgan fingerprint density at radius 1 is 0.750 bits per heavy atom. The summed E-state index contributed by atoms with van der Waals surface area (Å²) in [5, 5.41) is 0. The smallest absolute Gasteiger partial charge is 0.0838 e. The van der Waals surface area contributed by atoms with Crippen molar-refractivity contribution >= 4 is 11.4 Å². The van der Waals surface area contributed by atoms with E-state index in [1.807, 2.05) is 36.4 Å². The molecule has 0 aliphatic heterocycles. The second-order valence-corrected chi connectivity index (χ2v) is 4.48. The third kappa shape index (κ3) is 3.83. The largest absolute Gasteiger partial charge is 0.340 e. The van der Waals surface area contributed by atoms with Crippen LogP contribution in [0.25, 0.3) is 9.69 Å². The van der Waals surface area contributed by atoms with Crippen LogP contribution in [0.2, 0.25) is 0 Å². The van der Waals surface area contributed by atoms with E-state index in [9.17, 15) is 0 Å². The third-order valence-corrected chi connectivity index (χ3v) is 2.99. The van der Waals surface area contributed by atoms with Crippen LogP contribution in [0.4, 0.5) is 11.4 Å². The molecule has 2 aromatic rings. The van der Waals surface area contributed by atoms with Gasteiger partial charge >= 0.3 is 11.4 Å². The maximum absolute atomic E-state index is 5.26. The minimum atomic E-state index is 0.799. The summed E-state index contributed by atoms with van der Waals surface area (Å²) in [6.45, 7) is 10.5. The van der Waals surface area contributed by atoms with E-state index < -0.39 is 0 Å². The van der Waals surface area contributed by atoms with Crippen LogP contribution in [0, 0.1) is 13.1 Å². The van der Waals surface area contributed by atoms with Crippen molar-refractivity contribution in [3.63, 3.8) is 0 Å². The zero-order chi connectivity index (χ0) is 14.2. The van der Waals surface area contributed by atoms with Crippen LogP contribution in [0.5, 0.6) is 0 Å². The molecular formula is C18H16N2+2. The minimum absolute atomic E-state index is 0.799. The molecule has 0 radical (unpaired) electrons. The van der Waals surface area contributed by atoms with E-state index in [0.717, 1.165) is 24.2 Å². The molecule has 0 N–H and O–H groups in total. The fraction of sp³-hybridized carbons (Fsp3) is 0.111. The molecule has 0 unspecified atom stereocenters. The molecule has 2 rings (SSSR count). The first-order valence-corrected chi connectivity index (χ1v) is 6.46. The molecule has 0 aromatic heterocycles. The summed E-state index contributed by atoms with van der Waals surface area (Å²) >= 11 is 0. The Morgan fingerprint density at radius 2 is 1.20 bits per heavy atom. The molecule has 2 nitrogen and oxygen atoms in total. The average molecular weight is 260 g/mol. The SMILES string of the molecule is C#[N+]c1cccc(C/C=C\Cc2cccc([N+]#C)c2)c1. The summed E-state index contributed by atoms with van der Waals surface area (Å²) in [5.74, 6) is 0. The van der Waals surface area contributed by atoms with Gasteiger partial charge in [0.15, 0.2) is 0 Å². The quantitative estimate of drug-likeness (QED) is 0.667. The maximum Gasteiger partial charge on any atom is 0.340 e. The van der Waals surface area contributed by atoms with Crippen molar-refractivity contribution in [3.05, 3.63) is 81.5 Å². The number of benzene rings is 2. The fourth-order valence-electron chi connectivity index (χ4n) is 1.97. The first kappa shape index (κ1) is 13.6. The van der Waals surface area contributed by atoms with Gasteiger partial charge in [-0.2, -0.15) is 0 Å². The monoisotopic (exact) mass is 260 g/mol. The second kappa shape index (κ2) is 6.92. The lowest BCUT2D eigenvalue weighted by Gasteiger charge is -1.95. The Hall–Kier alpha value is -2.84. The fourth-order valence-corrected chi connectivity index (χ4v) is 1.97. The zero-order valence-electron chi connectivity index (χ0n) is 11.2. The van der Waals surface area contributed by atoms with E-state index in [1.165, 1.54) is 11.1 Å². The summed E-state index contributed by atoms with van der Waals surface area (Å²) in [4.78, 5) is 7.36. The van der Waals surface area contributed by atoms with Gasteiger partial charge in [-0.3, -0.25) is 0 Å². The van der Waals surface area contributed by atoms with Gasteiger partial charge in [-0.15, -0.1) is 0 Å². The molecule has 20 heavy (non-hydrogen) atoms. The molecule has 0 atom stereocenters. The molecule has 2 heteroatoms. The highest BCUT2D eigenvalue weighted by Gasteiger charge is 2.01. The molecule has 0 aliphatic rings. The Labute approximate surface area is 119 Å². The van der Waals surface area contributed by atoms with Gasteiger partial charge in [0.1, 0.15) is 0 Å². The molecule has 0 fully saturated rings. The summed E-state index contributed by atoms with van der Waals surface area (Å²) in [6, 6.07) is 15.8. The van der Waals surface area contributed by atoms with Crippen LogP contribution in [0.15, 0.2) is 60.7 Å². The van der Waals surface area contributed by atoms with E-state index in [-0.39, 0.29) is 0 Å². The van der Waals surface area contributed by atoms with E-state index in [0.29, 0.717) is 0 Å². The van der Waals surface area contributed by atoms with Gasteiger partial charge in [0.05, 0.1) is 0 Å². The lowest BCUT2D eigenvalue weighted by atomic mass is 10.1. The number of hydrogen-bond donors (Lipinski definition) is 0. The van der Waals surface area contributed by atoms with Crippen molar-refractivity contribution in [1.82, 2.24) is 0 Å². The summed E-state index contributed by atoms with van der Waals surface area (Å²) < 4.78 is 0. The van der Waals surface area contributed by atoms with Crippen molar-refractivity contribution in [1.29, 1.82) is 0 Å². The van der Waals surface area contributed by atoms with Gasteiger partial charge in [0, 0.05) is 24.3 Å². The zero-order valence-corrected chi connectivity index (χ0v) is 11.2. The number of rotatable bonds is 4. The molecule has 0 heterocycles. The number of allylic oxidation sites excluding steroid dienone is 2. The highest BCUT2D eigenvalue weighted by molar-refractivity contribution is 5.48. The lowest BCUT2D eigenvalue weighted by Crippen LogP contribution is -1.82. The maximum atomic E-state index is 5.26. The predicted molar refractivity (Wildman–Crippen MR) is 85.4 cm³/mol. The van der Waals surface area contributed by atoms with Crippen LogP contribution in [0.3, 0.4) is 0 Å². The van der Waals surface area contributed by atoms with Crippen LogP contribution in [-0.2, 0) is 12.8 Å². The van der Waals surface area contributed by atoms with Gasteiger partial charge in [-0.05, 0) is 33.7 Å². The first-order valence-electron chi connectivity index (χ1n) is 6.46. The van der Waals surface area contributed by atoms with Crippen LogP contribution < -0.4 is 0 Å². The minimum Gasteiger partial charge on any atom is -0.0838 e. The van der Waals surface area contributed by atoms with E-state index in [1.54, 1.807) is 0 Å². The van der Waals surface area contributed by atoms with Gasteiger partial charge in [-0.1, -0.05) is 36.4 Å². The molecular weight excluding hydrogens is 244 g/mol. The summed E-state index contributed by atoms with van der Waals surface area (Å²) in [5.41, 5.74) is 3.98. The number of hydrogen-bond acceptors (Lipinski definition) is 0. The normalized spacial score (nSPS) is 10.1. The highest BCUT2D eigenvalue weighted by Crippen LogP contribution is 2.16. The van der Waals surface area contributed by atoms with E-state index >= 15 is 0 Å². The predicted octanol–water partition coefficient (Wildman–Crippen LogP) is 5.22. The molecule has 2 aromatic carbocycles. The van der Waals surface area contributed by atoms with Crippen molar-refractivity contribution in [3.8, 4) is 13.1 Å². The van der Waals surface area contributed by atoms with Crippen LogP contribution in [0.1, 0.15) is 11.1 Å². The van der Waals surface area contributed by atoms with E-state index in [2.05, 4.69) is 34.0 Å². The van der Waals surface area contributed by atoms with Crippen molar-refractivity contribution < 1.29 is 0 Å². The van der Waals surface area contributed by atoms with Gasteiger partial charge in [0.25, 0.3) is 13.1 Å². The Morgan fingerprint density at radius 3 is 1.60 bits per heavy atom. The topological polar surface area (TPSA) is 8.72 Å². The summed E-state index contributed by atoms with van der Waals surface area (Å²) in [7, 11) is 0. The van der Waals surface area contributed by atoms with Gasteiger partial charge in [0.2, 0.25) is 0 Å². The Kier molecular flexibility index (Phi) is 4.70. The average Bonchev–Trinajstić information content (AvgIpc) is 2.52. The molecule has 0 bridgehead atoms. The highest BCUT2D eigenvalue weighted by atomic mass is 14.6. The van der Waals surface area contributed by atoms with Gasteiger partial charge in [-0.25, -0.2) is 0 Å². The molecule has 0 amide bonds. The molecule has 96 valence electrons. The Bertz CT molecular complexity index is 638. The molecule has 0 saturated carbocycles. The van der Waals surface area contributed by atoms with Gasteiger partial charge < -0.3 is 0 Å². The third-order valence-electron chi connectivity index (χ3n) is 2.99. The van der Waals surface area contributed by atoms with Crippen LogP contribution >= 0.6 is 0 Å². The molecule has 0 aliphatic carbocycles. The standard InChI is InChI=1S/C18H16N2/c1-19-17-11-5-9-15(13-17)7-3-4-8-16-10-6-12-18(14-16)20-2/h1-6,9-14H,7-8H2/q+2/b4-3-. The van der Waals surface area contributed by atoms with Crippen molar-refractivity contribution in [2.24, 2.45) is 0 Å². The molecule has 0 spiro atoms. The summed E-state index contributed by atoms with van der Waals surface area (Å²) in [6.07, 6.45) is 6.01. The van der Waals surface area contributed by atoms with Crippen LogP contribution in [-0.4, -0.2) is 0 Å². The lowest BCUT2D eigenvalue weighted by molar-refractivity contribution is 1.21. The van der Waals surface area contributed by atoms with E-state index in [4.69, 9.17) is 13.1 Å². The Balaban J connectivity index is 1.94. The second-order valence-electron chi connectivity index (χ2n) is 4.48. The number of nitrogens with zero attached hydrogens (tertiary/aromatic N) is 2. The van der Waals surface area contributed by atoms with Crippen molar-refractivity contribution in [2.45, 2.75) is 12.8 Å². The molecule has 0 saturated heterocycles. The first-order chi connectivity index (χ1) is 9.81.